The highest BCUT2D eigenvalue weighted by molar-refractivity contribution is 7.84. The lowest BCUT2D eigenvalue weighted by molar-refractivity contribution is -0.164. The SMILES string of the molecule is CCC12CC[C@H](C[C@H](O)C1C(=O)OC)[C@@H]2C.CS(=O)(=O)[O-]. The van der Waals surface area contributed by atoms with Crippen molar-refractivity contribution in [2.45, 2.75) is 45.6 Å². The summed E-state index contributed by atoms with van der Waals surface area (Å²) in [6.07, 6.45) is 4.04. The molecule has 2 unspecified atom stereocenters. The Morgan fingerprint density at radius 1 is 1.48 bits per heavy atom. The van der Waals surface area contributed by atoms with E-state index in [-0.39, 0.29) is 17.3 Å². The average Bonchev–Trinajstić information content (AvgIpc) is 2.57. The number of ether oxygens (including phenoxy) is 1. The molecule has 2 bridgehead atoms. The van der Waals surface area contributed by atoms with Crippen molar-refractivity contribution >= 4 is 16.1 Å². The minimum absolute atomic E-state index is 0.0184. The average molecular weight is 321 g/mol. The van der Waals surface area contributed by atoms with Crippen molar-refractivity contribution in [2.75, 3.05) is 13.4 Å². The smallest absolute Gasteiger partial charge is 0.311 e. The highest BCUT2D eigenvalue weighted by Crippen LogP contribution is 2.60. The van der Waals surface area contributed by atoms with E-state index in [1.54, 1.807) is 0 Å². The molecule has 6 nitrogen and oxygen atoms in total. The molecule has 2 fully saturated rings. The number of rotatable bonds is 2. The Morgan fingerprint density at radius 2 is 2.00 bits per heavy atom. The largest absolute Gasteiger partial charge is 0.748 e. The molecule has 1 N–H and O–H groups in total. The minimum atomic E-state index is -3.92. The first-order valence-corrected chi connectivity index (χ1v) is 9.05. The summed E-state index contributed by atoms with van der Waals surface area (Å²) in [4.78, 5) is 11.9. The molecule has 0 aromatic carbocycles. The van der Waals surface area contributed by atoms with Gasteiger partial charge >= 0.3 is 5.97 Å². The molecular formula is C14H25O6S-. The predicted molar refractivity (Wildman–Crippen MR) is 76.4 cm³/mol. The maximum Gasteiger partial charge on any atom is 0.311 e. The van der Waals surface area contributed by atoms with E-state index in [0.29, 0.717) is 18.1 Å². The first-order chi connectivity index (χ1) is 9.56. The molecule has 0 aromatic heterocycles. The van der Waals surface area contributed by atoms with Gasteiger partial charge in [0.15, 0.2) is 0 Å². The first kappa shape index (κ1) is 18.4. The van der Waals surface area contributed by atoms with Crippen molar-refractivity contribution in [3.8, 4) is 0 Å². The normalized spacial score (nSPS) is 38.4. The van der Waals surface area contributed by atoms with E-state index in [1.807, 2.05) is 0 Å². The summed E-state index contributed by atoms with van der Waals surface area (Å²) in [6.45, 7) is 4.37. The van der Waals surface area contributed by atoms with Gasteiger partial charge in [0.1, 0.15) is 0 Å². The van der Waals surface area contributed by atoms with Crippen LogP contribution in [0.2, 0.25) is 0 Å². The van der Waals surface area contributed by atoms with Crippen LogP contribution in [-0.4, -0.2) is 43.5 Å². The molecule has 21 heavy (non-hydrogen) atoms. The van der Waals surface area contributed by atoms with Crippen molar-refractivity contribution in [2.24, 2.45) is 23.2 Å². The number of aliphatic hydroxyl groups is 1. The zero-order valence-electron chi connectivity index (χ0n) is 13.0. The van der Waals surface area contributed by atoms with Gasteiger partial charge in [-0.1, -0.05) is 13.8 Å². The fourth-order valence-electron chi connectivity index (χ4n) is 4.23. The van der Waals surface area contributed by atoms with Gasteiger partial charge in [0.05, 0.1) is 29.2 Å². The van der Waals surface area contributed by atoms with E-state index in [9.17, 15) is 9.90 Å². The van der Waals surface area contributed by atoms with Crippen molar-refractivity contribution in [1.82, 2.24) is 0 Å². The predicted octanol–water partition coefficient (Wildman–Crippen LogP) is 1.14. The van der Waals surface area contributed by atoms with Crippen molar-refractivity contribution in [3.63, 3.8) is 0 Å². The molecule has 0 heterocycles. The molecule has 0 aliphatic heterocycles. The lowest BCUT2D eigenvalue weighted by atomic mass is 9.59. The van der Waals surface area contributed by atoms with E-state index in [4.69, 9.17) is 17.7 Å². The zero-order chi connectivity index (χ0) is 16.4. The second-order valence-corrected chi connectivity index (χ2v) is 7.59. The van der Waals surface area contributed by atoms with Crippen LogP contribution in [-0.2, 0) is 19.6 Å². The number of fused-ring (bicyclic) bond motifs is 2. The third-order valence-corrected chi connectivity index (χ3v) is 5.26. The quantitative estimate of drug-likeness (QED) is 0.604. The molecule has 2 rings (SSSR count). The highest BCUT2D eigenvalue weighted by atomic mass is 32.2. The van der Waals surface area contributed by atoms with Crippen molar-refractivity contribution in [1.29, 1.82) is 0 Å². The number of esters is 1. The van der Waals surface area contributed by atoms with Crippen LogP contribution in [0.5, 0.6) is 0 Å². The summed E-state index contributed by atoms with van der Waals surface area (Å²) >= 11 is 0. The molecule has 124 valence electrons. The fourth-order valence-corrected chi connectivity index (χ4v) is 4.23. The zero-order valence-corrected chi connectivity index (χ0v) is 13.9. The second-order valence-electron chi connectivity index (χ2n) is 6.18. The van der Waals surface area contributed by atoms with Gasteiger partial charge in [-0.3, -0.25) is 4.79 Å². The molecule has 0 spiro atoms. The Bertz CT molecular complexity index is 466. The van der Waals surface area contributed by atoms with Crippen LogP contribution in [0.3, 0.4) is 0 Å². The summed E-state index contributed by atoms with van der Waals surface area (Å²) in [5, 5.41) is 10.2. The highest BCUT2D eigenvalue weighted by Gasteiger charge is 2.58. The summed E-state index contributed by atoms with van der Waals surface area (Å²) in [7, 11) is -2.50. The molecule has 2 aliphatic rings. The third kappa shape index (κ3) is 3.96. The van der Waals surface area contributed by atoms with Crippen LogP contribution in [0.4, 0.5) is 0 Å². The Labute approximate surface area is 126 Å². The van der Waals surface area contributed by atoms with Gasteiger partial charge in [0, 0.05) is 6.26 Å². The summed E-state index contributed by atoms with van der Waals surface area (Å²) in [5.41, 5.74) is -0.0184. The van der Waals surface area contributed by atoms with E-state index in [1.165, 1.54) is 7.11 Å². The van der Waals surface area contributed by atoms with E-state index < -0.39 is 16.2 Å². The van der Waals surface area contributed by atoms with Crippen LogP contribution in [0, 0.1) is 23.2 Å². The van der Waals surface area contributed by atoms with Crippen LogP contribution >= 0.6 is 0 Å². The molecule has 0 radical (unpaired) electrons. The Balaban J connectivity index is 0.000000383. The molecule has 0 aromatic rings. The summed E-state index contributed by atoms with van der Waals surface area (Å²) in [6, 6.07) is 0. The summed E-state index contributed by atoms with van der Waals surface area (Å²) in [5.74, 6) is 0.596. The number of methoxy groups -OCH3 is 1. The topological polar surface area (TPSA) is 104 Å². The minimum Gasteiger partial charge on any atom is -0.748 e. The van der Waals surface area contributed by atoms with Gasteiger partial charge in [-0.05, 0) is 42.9 Å². The molecular weight excluding hydrogens is 296 g/mol. The van der Waals surface area contributed by atoms with Gasteiger partial charge < -0.3 is 14.4 Å². The number of hydrogen-bond acceptors (Lipinski definition) is 6. The van der Waals surface area contributed by atoms with Gasteiger partial charge in [0.2, 0.25) is 0 Å². The van der Waals surface area contributed by atoms with Crippen molar-refractivity contribution in [3.05, 3.63) is 0 Å². The Hall–Kier alpha value is -0.660. The lowest BCUT2D eigenvalue weighted by Crippen LogP contribution is -2.50. The Morgan fingerprint density at radius 3 is 2.43 bits per heavy atom. The van der Waals surface area contributed by atoms with Crippen LogP contribution in [0.1, 0.15) is 39.5 Å². The molecule has 2 saturated carbocycles. The van der Waals surface area contributed by atoms with Crippen molar-refractivity contribution < 1.29 is 27.6 Å². The number of aliphatic hydroxyl groups excluding tert-OH is 1. The van der Waals surface area contributed by atoms with E-state index in [0.717, 1.165) is 25.7 Å². The fraction of sp³-hybridized carbons (Fsp3) is 0.929. The molecule has 0 saturated heterocycles. The number of carbonyl (C=O) groups excluding carboxylic acids is 1. The maximum absolute atomic E-state index is 11.9. The Kier molecular flexibility index (Phi) is 5.80. The summed E-state index contributed by atoms with van der Waals surface area (Å²) < 4.78 is 32.1. The number of carbonyl (C=O) groups is 1. The molecule has 0 amide bonds. The van der Waals surface area contributed by atoms with E-state index >= 15 is 0 Å². The second kappa shape index (κ2) is 6.62. The lowest BCUT2D eigenvalue weighted by Gasteiger charge is -2.46. The third-order valence-electron chi connectivity index (χ3n) is 5.26. The number of hydrogen-bond donors (Lipinski definition) is 1. The molecule has 5 atom stereocenters. The van der Waals surface area contributed by atoms with Gasteiger partial charge in [0.25, 0.3) is 0 Å². The van der Waals surface area contributed by atoms with Crippen LogP contribution in [0.25, 0.3) is 0 Å². The maximum atomic E-state index is 11.9. The van der Waals surface area contributed by atoms with Crippen LogP contribution in [0.15, 0.2) is 0 Å². The standard InChI is InChI=1S/C13H22O3.CH4O3S/c1-4-13-6-5-9(8(13)2)7-10(14)11(13)12(15)16-3;1-5(2,3)4/h8-11,14H,4-7H2,1-3H3;1H3,(H,2,3,4)/p-1/t8-,9+,10-,11?,13?;/m0./s1. The molecule has 7 heteroatoms. The monoisotopic (exact) mass is 321 g/mol. The van der Waals surface area contributed by atoms with Gasteiger partial charge in [-0.15, -0.1) is 0 Å². The first-order valence-electron chi connectivity index (χ1n) is 7.23. The van der Waals surface area contributed by atoms with Crippen LogP contribution < -0.4 is 0 Å². The van der Waals surface area contributed by atoms with Gasteiger partial charge in [-0.2, -0.15) is 0 Å². The van der Waals surface area contributed by atoms with E-state index in [2.05, 4.69) is 13.8 Å². The molecule has 2 aliphatic carbocycles. The van der Waals surface area contributed by atoms with Gasteiger partial charge in [-0.25, -0.2) is 8.42 Å².